The van der Waals surface area contributed by atoms with Crippen molar-refractivity contribution in [3.8, 4) is 11.6 Å². The van der Waals surface area contributed by atoms with Crippen LogP contribution in [0.1, 0.15) is 10.4 Å². The maximum absolute atomic E-state index is 12.0. The molecule has 0 saturated heterocycles. The van der Waals surface area contributed by atoms with E-state index in [1.54, 1.807) is 24.3 Å². The number of halogens is 1. The van der Waals surface area contributed by atoms with Crippen LogP contribution in [0.2, 0.25) is 0 Å². The molecule has 6 nitrogen and oxygen atoms in total. The summed E-state index contributed by atoms with van der Waals surface area (Å²) in [6.07, 6.45) is 1.36. The molecule has 0 aliphatic heterocycles. The largest absolute Gasteiger partial charge is 0.480 e. The van der Waals surface area contributed by atoms with Crippen LogP contribution in [-0.4, -0.2) is 40.5 Å². The van der Waals surface area contributed by atoms with Gasteiger partial charge in [-0.05, 0) is 24.3 Å². The first-order valence-corrected chi connectivity index (χ1v) is 7.12. The SMILES string of the molecule is CN(CC(=O)O)C(=O)c1ccc(Oc2cccc(Br)c2)nc1. The first-order valence-electron chi connectivity index (χ1n) is 6.32. The van der Waals surface area contributed by atoms with Crippen molar-refractivity contribution < 1.29 is 19.4 Å². The van der Waals surface area contributed by atoms with Gasteiger partial charge in [-0.15, -0.1) is 0 Å². The second-order valence-corrected chi connectivity index (χ2v) is 5.42. The van der Waals surface area contributed by atoms with E-state index in [4.69, 9.17) is 9.84 Å². The van der Waals surface area contributed by atoms with Gasteiger partial charge in [0.2, 0.25) is 5.88 Å². The Balaban J connectivity index is 2.07. The number of likely N-dealkylation sites (N-methyl/N-ethyl adjacent to an activating group) is 1. The molecule has 0 fully saturated rings. The van der Waals surface area contributed by atoms with Crippen molar-refractivity contribution in [3.63, 3.8) is 0 Å². The fourth-order valence-corrected chi connectivity index (χ4v) is 2.09. The number of ether oxygens (including phenoxy) is 1. The van der Waals surface area contributed by atoms with E-state index in [2.05, 4.69) is 20.9 Å². The smallest absolute Gasteiger partial charge is 0.323 e. The maximum Gasteiger partial charge on any atom is 0.323 e. The lowest BCUT2D eigenvalue weighted by molar-refractivity contribution is -0.137. The summed E-state index contributed by atoms with van der Waals surface area (Å²) in [5.41, 5.74) is 0.297. The summed E-state index contributed by atoms with van der Waals surface area (Å²) in [5.74, 6) is -0.526. The topological polar surface area (TPSA) is 79.7 Å². The Morgan fingerprint density at radius 2 is 2.09 bits per heavy atom. The molecule has 0 bridgehead atoms. The second kappa shape index (κ2) is 7.04. The lowest BCUT2D eigenvalue weighted by Crippen LogP contribution is -2.31. The van der Waals surface area contributed by atoms with Crippen LogP contribution < -0.4 is 4.74 Å². The van der Waals surface area contributed by atoms with E-state index in [0.29, 0.717) is 17.2 Å². The molecule has 114 valence electrons. The van der Waals surface area contributed by atoms with E-state index in [9.17, 15) is 9.59 Å². The number of rotatable bonds is 5. The van der Waals surface area contributed by atoms with Crippen LogP contribution in [0.25, 0.3) is 0 Å². The summed E-state index contributed by atoms with van der Waals surface area (Å²) in [6.45, 7) is -0.366. The van der Waals surface area contributed by atoms with Crippen molar-refractivity contribution >= 4 is 27.8 Å². The predicted molar refractivity (Wildman–Crippen MR) is 83.0 cm³/mol. The number of aliphatic carboxylic acids is 1. The minimum atomic E-state index is -1.07. The Morgan fingerprint density at radius 1 is 1.32 bits per heavy atom. The van der Waals surface area contributed by atoms with E-state index < -0.39 is 11.9 Å². The Kier molecular flexibility index (Phi) is 5.11. The minimum absolute atomic E-state index is 0.297. The predicted octanol–water partition coefficient (Wildman–Crippen LogP) is 2.79. The first-order chi connectivity index (χ1) is 10.5. The molecular weight excluding hydrogens is 352 g/mol. The number of benzene rings is 1. The van der Waals surface area contributed by atoms with Gasteiger partial charge in [0.05, 0.1) is 5.56 Å². The van der Waals surface area contributed by atoms with Gasteiger partial charge in [-0.25, -0.2) is 4.98 Å². The fourth-order valence-electron chi connectivity index (χ4n) is 1.71. The van der Waals surface area contributed by atoms with Crippen LogP contribution in [0.4, 0.5) is 0 Å². The van der Waals surface area contributed by atoms with Gasteiger partial charge in [-0.1, -0.05) is 22.0 Å². The third-order valence-corrected chi connectivity index (χ3v) is 3.21. The number of amides is 1. The van der Waals surface area contributed by atoms with Gasteiger partial charge in [0.15, 0.2) is 0 Å². The number of carbonyl (C=O) groups is 2. The van der Waals surface area contributed by atoms with Crippen molar-refractivity contribution in [3.05, 3.63) is 52.6 Å². The van der Waals surface area contributed by atoms with Crippen LogP contribution >= 0.6 is 15.9 Å². The summed E-state index contributed by atoms with van der Waals surface area (Å²) >= 11 is 3.34. The fraction of sp³-hybridized carbons (Fsp3) is 0.133. The molecule has 0 atom stereocenters. The highest BCUT2D eigenvalue weighted by atomic mass is 79.9. The zero-order valence-corrected chi connectivity index (χ0v) is 13.3. The third-order valence-electron chi connectivity index (χ3n) is 2.72. The van der Waals surface area contributed by atoms with Crippen LogP contribution in [0.3, 0.4) is 0 Å². The van der Waals surface area contributed by atoms with E-state index in [1.165, 1.54) is 13.2 Å². The molecule has 0 aliphatic carbocycles. The second-order valence-electron chi connectivity index (χ2n) is 4.50. The molecule has 1 heterocycles. The molecule has 0 radical (unpaired) electrons. The zero-order valence-electron chi connectivity index (χ0n) is 11.7. The average molecular weight is 365 g/mol. The van der Waals surface area contributed by atoms with Gasteiger partial charge in [0.25, 0.3) is 5.91 Å². The minimum Gasteiger partial charge on any atom is -0.480 e. The number of aromatic nitrogens is 1. The molecule has 22 heavy (non-hydrogen) atoms. The highest BCUT2D eigenvalue weighted by molar-refractivity contribution is 9.10. The lowest BCUT2D eigenvalue weighted by atomic mass is 10.2. The summed E-state index contributed by atoms with van der Waals surface area (Å²) < 4.78 is 6.44. The number of hydrogen-bond acceptors (Lipinski definition) is 4. The van der Waals surface area contributed by atoms with Gasteiger partial charge in [-0.2, -0.15) is 0 Å². The molecule has 7 heteroatoms. The summed E-state index contributed by atoms with van der Waals surface area (Å²) in [7, 11) is 1.42. The maximum atomic E-state index is 12.0. The number of carboxylic acid groups (broad SMARTS) is 1. The van der Waals surface area contributed by atoms with Crippen LogP contribution in [0.5, 0.6) is 11.6 Å². The third kappa shape index (κ3) is 4.29. The number of carbonyl (C=O) groups excluding carboxylic acids is 1. The van der Waals surface area contributed by atoms with Gasteiger partial charge >= 0.3 is 5.97 Å². The molecule has 2 rings (SSSR count). The normalized spacial score (nSPS) is 10.1. The van der Waals surface area contributed by atoms with Crippen molar-refractivity contribution in [2.75, 3.05) is 13.6 Å². The van der Waals surface area contributed by atoms with E-state index in [1.807, 2.05) is 12.1 Å². The number of nitrogens with zero attached hydrogens (tertiary/aromatic N) is 2. The highest BCUT2D eigenvalue weighted by Gasteiger charge is 2.14. The van der Waals surface area contributed by atoms with Gasteiger partial charge in [0.1, 0.15) is 12.3 Å². The first kappa shape index (κ1) is 16.0. The Labute approximate surface area is 135 Å². The Hall–Kier alpha value is -2.41. The number of carboxylic acids is 1. The molecule has 1 amide bonds. The van der Waals surface area contributed by atoms with Crippen molar-refractivity contribution in [2.24, 2.45) is 0 Å². The number of pyridine rings is 1. The molecule has 1 aromatic heterocycles. The van der Waals surface area contributed by atoms with Gasteiger partial charge in [0, 0.05) is 23.8 Å². The van der Waals surface area contributed by atoms with Crippen LogP contribution in [0.15, 0.2) is 47.1 Å². The molecule has 1 N–H and O–H groups in total. The summed E-state index contributed by atoms with van der Waals surface area (Å²) in [5, 5.41) is 8.68. The molecule has 1 aromatic carbocycles. The van der Waals surface area contributed by atoms with E-state index in [0.717, 1.165) is 9.37 Å². The quantitative estimate of drug-likeness (QED) is 0.882. The summed E-state index contributed by atoms with van der Waals surface area (Å²) in [4.78, 5) is 27.7. The Morgan fingerprint density at radius 3 is 2.68 bits per heavy atom. The molecule has 2 aromatic rings. The molecular formula is C15H13BrN2O4. The van der Waals surface area contributed by atoms with Gasteiger partial charge in [-0.3, -0.25) is 9.59 Å². The highest BCUT2D eigenvalue weighted by Crippen LogP contribution is 2.23. The van der Waals surface area contributed by atoms with Crippen molar-refractivity contribution in [1.82, 2.24) is 9.88 Å². The molecule has 0 spiro atoms. The zero-order chi connectivity index (χ0) is 16.1. The van der Waals surface area contributed by atoms with E-state index >= 15 is 0 Å². The average Bonchev–Trinajstić information content (AvgIpc) is 2.46. The van der Waals surface area contributed by atoms with Crippen molar-refractivity contribution in [2.45, 2.75) is 0 Å². The standard InChI is InChI=1S/C15H13BrN2O4/c1-18(9-14(19)20)15(21)10-5-6-13(17-8-10)22-12-4-2-3-11(16)7-12/h2-8H,9H2,1H3,(H,19,20). The summed E-state index contributed by atoms with van der Waals surface area (Å²) in [6, 6.07) is 10.4. The molecule has 0 saturated carbocycles. The molecule has 0 unspecified atom stereocenters. The lowest BCUT2D eigenvalue weighted by Gasteiger charge is -2.14. The Bertz CT molecular complexity index is 688. The van der Waals surface area contributed by atoms with Gasteiger partial charge < -0.3 is 14.7 Å². The molecule has 0 aliphatic rings. The van der Waals surface area contributed by atoms with E-state index in [-0.39, 0.29) is 6.54 Å². The van der Waals surface area contributed by atoms with Crippen molar-refractivity contribution in [1.29, 1.82) is 0 Å². The monoisotopic (exact) mass is 364 g/mol. The van der Waals surface area contributed by atoms with Crippen LogP contribution in [0, 0.1) is 0 Å². The number of hydrogen-bond donors (Lipinski definition) is 1. The van der Waals surface area contributed by atoms with Crippen LogP contribution in [-0.2, 0) is 4.79 Å².